The molecule has 2 N–H and O–H groups in total. The molecule has 1 aromatic heterocycles. The normalized spacial score (nSPS) is 11.3. The lowest BCUT2D eigenvalue weighted by atomic mass is 10.2. The van der Waals surface area contributed by atoms with Crippen molar-refractivity contribution in [1.82, 2.24) is 20.2 Å². The van der Waals surface area contributed by atoms with E-state index in [4.69, 9.17) is 4.74 Å². The summed E-state index contributed by atoms with van der Waals surface area (Å²) in [6.45, 7) is 3.75. The molecule has 0 amide bonds. The van der Waals surface area contributed by atoms with Crippen molar-refractivity contribution in [3.8, 4) is 11.4 Å². The van der Waals surface area contributed by atoms with Crippen molar-refractivity contribution in [2.45, 2.75) is 20.0 Å². The van der Waals surface area contributed by atoms with Crippen LogP contribution in [0.2, 0.25) is 0 Å². The first-order valence-corrected chi connectivity index (χ1v) is 9.11. The van der Waals surface area contributed by atoms with Crippen LogP contribution in [0.3, 0.4) is 0 Å². The summed E-state index contributed by atoms with van der Waals surface area (Å²) in [4.78, 5) is 8.50. The lowest BCUT2D eigenvalue weighted by Gasteiger charge is -2.12. The maximum absolute atomic E-state index is 14.4. The van der Waals surface area contributed by atoms with Crippen LogP contribution in [0.5, 0.6) is 5.75 Å². The zero-order valence-corrected chi connectivity index (χ0v) is 16.0. The first kappa shape index (κ1) is 19.4. The van der Waals surface area contributed by atoms with Crippen LogP contribution in [0.15, 0.2) is 66.2 Å². The second-order valence-corrected chi connectivity index (χ2v) is 6.15. The molecule has 0 bridgehead atoms. The van der Waals surface area contributed by atoms with Gasteiger partial charge in [0.05, 0.1) is 25.7 Å². The second kappa shape index (κ2) is 9.55. The zero-order valence-electron chi connectivity index (χ0n) is 16.0. The second-order valence-electron chi connectivity index (χ2n) is 6.15. The Balaban J connectivity index is 1.64. The maximum Gasteiger partial charge on any atom is 0.191 e. The summed E-state index contributed by atoms with van der Waals surface area (Å²) in [5.74, 6) is 1.20. The van der Waals surface area contributed by atoms with E-state index in [2.05, 4.69) is 20.6 Å². The molecule has 0 atom stereocenters. The molecule has 6 nitrogen and oxygen atoms in total. The number of rotatable bonds is 7. The van der Waals surface area contributed by atoms with Crippen LogP contribution in [0, 0.1) is 5.82 Å². The molecule has 0 unspecified atom stereocenters. The Morgan fingerprint density at radius 2 is 1.93 bits per heavy atom. The van der Waals surface area contributed by atoms with Gasteiger partial charge in [0.2, 0.25) is 0 Å². The van der Waals surface area contributed by atoms with Crippen molar-refractivity contribution < 1.29 is 9.13 Å². The number of nitrogens with one attached hydrogen (secondary N) is 2. The minimum atomic E-state index is -0.304. The van der Waals surface area contributed by atoms with Crippen LogP contribution in [0.4, 0.5) is 4.39 Å². The van der Waals surface area contributed by atoms with Crippen molar-refractivity contribution in [1.29, 1.82) is 0 Å². The molecule has 3 rings (SSSR count). The highest BCUT2D eigenvalue weighted by molar-refractivity contribution is 5.79. The fourth-order valence-corrected chi connectivity index (χ4v) is 2.70. The average Bonchev–Trinajstić information content (AvgIpc) is 3.25. The van der Waals surface area contributed by atoms with E-state index in [-0.39, 0.29) is 5.82 Å². The van der Waals surface area contributed by atoms with E-state index in [9.17, 15) is 4.39 Å². The minimum absolute atomic E-state index is 0.304. The average molecular weight is 381 g/mol. The predicted octanol–water partition coefficient (Wildman–Crippen LogP) is 3.28. The zero-order chi connectivity index (χ0) is 19.8. The van der Waals surface area contributed by atoms with E-state index >= 15 is 0 Å². The van der Waals surface area contributed by atoms with Crippen molar-refractivity contribution in [3.05, 3.63) is 78.1 Å². The molecule has 0 saturated carbocycles. The Labute approximate surface area is 164 Å². The summed E-state index contributed by atoms with van der Waals surface area (Å²) in [6.07, 6.45) is 4.90. The number of ether oxygens (including phenoxy) is 1. The molecule has 7 heteroatoms. The van der Waals surface area contributed by atoms with Crippen LogP contribution >= 0.6 is 0 Å². The molecule has 1 heterocycles. The molecule has 0 aliphatic rings. The summed E-state index contributed by atoms with van der Waals surface area (Å²) >= 11 is 0. The van der Waals surface area contributed by atoms with Gasteiger partial charge in [0.15, 0.2) is 5.96 Å². The highest BCUT2D eigenvalue weighted by Gasteiger charge is 2.06. The Morgan fingerprint density at radius 1 is 1.14 bits per heavy atom. The third kappa shape index (κ3) is 5.09. The van der Waals surface area contributed by atoms with Crippen LogP contribution in [0.25, 0.3) is 5.69 Å². The van der Waals surface area contributed by atoms with Gasteiger partial charge in [-0.05, 0) is 42.3 Å². The fraction of sp³-hybridized carbons (Fsp3) is 0.238. The highest BCUT2D eigenvalue weighted by Crippen LogP contribution is 2.15. The van der Waals surface area contributed by atoms with Gasteiger partial charge in [0.25, 0.3) is 0 Å². The smallest absolute Gasteiger partial charge is 0.191 e. The van der Waals surface area contributed by atoms with E-state index < -0.39 is 0 Å². The Kier molecular flexibility index (Phi) is 6.62. The number of hydrogen-bond acceptors (Lipinski definition) is 3. The number of aliphatic imine (C=N–C) groups is 1. The summed E-state index contributed by atoms with van der Waals surface area (Å²) in [5, 5.41) is 6.49. The highest BCUT2D eigenvalue weighted by atomic mass is 19.1. The predicted molar refractivity (Wildman–Crippen MR) is 108 cm³/mol. The third-order valence-electron chi connectivity index (χ3n) is 4.18. The molecule has 146 valence electrons. The van der Waals surface area contributed by atoms with Gasteiger partial charge in [0.1, 0.15) is 11.6 Å². The molecule has 0 aliphatic heterocycles. The van der Waals surface area contributed by atoms with Gasteiger partial charge < -0.3 is 19.9 Å². The Bertz CT molecular complexity index is 907. The van der Waals surface area contributed by atoms with Gasteiger partial charge in [0, 0.05) is 25.5 Å². The number of guanidine groups is 1. The largest absolute Gasteiger partial charge is 0.497 e. The summed E-state index contributed by atoms with van der Waals surface area (Å²) in [7, 11) is 1.65. The van der Waals surface area contributed by atoms with E-state index in [1.54, 1.807) is 36.5 Å². The number of hydrogen-bond donors (Lipinski definition) is 2. The molecule has 0 spiro atoms. The van der Waals surface area contributed by atoms with E-state index in [0.717, 1.165) is 23.4 Å². The van der Waals surface area contributed by atoms with Crippen molar-refractivity contribution in [2.24, 2.45) is 4.99 Å². The number of nitrogens with zero attached hydrogens (tertiary/aromatic N) is 3. The van der Waals surface area contributed by atoms with Gasteiger partial charge in [-0.3, -0.25) is 0 Å². The molecular weight excluding hydrogens is 357 g/mol. The number of methoxy groups -OCH3 is 1. The first-order valence-electron chi connectivity index (χ1n) is 9.11. The monoisotopic (exact) mass is 381 g/mol. The molecule has 2 aromatic carbocycles. The molecule has 0 fully saturated rings. The topological polar surface area (TPSA) is 63.5 Å². The number of aromatic nitrogens is 2. The van der Waals surface area contributed by atoms with Crippen LogP contribution in [-0.4, -0.2) is 29.2 Å². The van der Waals surface area contributed by atoms with Gasteiger partial charge >= 0.3 is 0 Å². The van der Waals surface area contributed by atoms with Gasteiger partial charge in [-0.15, -0.1) is 0 Å². The fourth-order valence-electron chi connectivity index (χ4n) is 2.70. The van der Waals surface area contributed by atoms with Crippen molar-refractivity contribution in [3.63, 3.8) is 0 Å². The van der Waals surface area contributed by atoms with Crippen LogP contribution in [-0.2, 0) is 13.1 Å². The number of halogens is 1. The van der Waals surface area contributed by atoms with E-state index in [1.165, 1.54) is 6.07 Å². The molecular formula is C21H24FN5O. The number of imidazole rings is 1. The van der Waals surface area contributed by atoms with Crippen molar-refractivity contribution >= 4 is 5.96 Å². The van der Waals surface area contributed by atoms with E-state index in [0.29, 0.717) is 24.7 Å². The minimum Gasteiger partial charge on any atom is -0.497 e. The van der Waals surface area contributed by atoms with Crippen LogP contribution in [0.1, 0.15) is 18.1 Å². The molecule has 3 aromatic rings. The first-order chi connectivity index (χ1) is 13.7. The van der Waals surface area contributed by atoms with Gasteiger partial charge in [-0.25, -0.2) is 14.4 Å². The van der Waals surface area contributed by atoms with Gasteiger partial charge in [-0.2, -0.15) is 0 Å². The number of benzene rings is 2. The van der Waals surface area contributed by atoms with Crippen LogP contribution < -0.4 is 15.4 Å². The maximum atomic E-state index is 14.4. The van der Waals surface area contributed by atoms with Crippen molar-refractivity contribution in [2.75, 3.05) is 13.7 Å². The van der Waals surface area contributed by atoms with Gasteiger partial charge in [-0.1, -0.05) is 18.2 Å². The standard InChI is InChI=1S/C21H24FN5O/c1-3-24-21(25-13-16-4-7-18(28-2)8-5-16)26-14-17-6-9-20(19(22)12-17)27-11-10-23-15-27/h4-12,15H,3,13-14H2,1-2H3,(H2,24,25,26). The van der Waals surface area contributed by atoms with E-state index in [1.807, 2.05) is 37.3 Å². The Hall–Kier alpha value is -3.35. The molecule has 28 heavy (non-hydrogen) atoms. The summed E-state index contributed by atoms with van der Waals surface area (Å²) in [5.41, 5.74) is 2.37. The third-order valence-corrected chi connectivity index (χ3v) is 4.18. The molecule has 0 saturated heterocycles. The lowest BCUT2D eigenvalue weighted by molar-refractivity contribution is 0.414. The molecule has 0 aliphatic carbocycles. The quantitative estimate of drug-likeness (QED) is 0.487. The summed E-state index contributed by atoms with van der Waals surface area (Å²) in [6, 6.07) is 13.0. The Morgan fingerprint density at radius 3 is 2.57 bits per heavy atom. The lowest BCUT2D eigenvalue weighted by Crippen LogP contribution is -2.36. The SMILES string of the molecule is CCNC(=NCc1ccc(-n2ccnc2)c(F)c1)NCc1ccc(OC)cc1. The molecule has 0 radical (unpaired) electrons. The summed E-state index contributed by atoms with van der Waals surface area (Å²) < 4.78 is 21.2.